The number of benzene rings is 1. The summed E-state index contributed by atoms with van der Waals surface area (Å²) in [5, 5.41) is 14.9. The van der Waals surface area contributed by atoms with Crippen molar-refractivity contribution in [3.8, 4) is 0 Å². The molecule has 0 unspecified atom stereocenters. The Kier molecular flexibility index (Phi) is 5.50. The molecule has 1 aromatic carbocycles. The van der Waals surface area contributed by atoms with Gasteiger partial charge in [0.1, 0.15) is 0 Å². The van der Waals surface area contributed by atoms with Gasteiger partial charge in [-0.2, -0.15) is 0 Å². The maximum absolute atomic E-state index is 12.1. The second kappa shape index (κ2) is 7.79. The van der Waals surface area contributed by atoms with E-state index in [0.29, 0.717) is 34.9 Å². The van der Waals surface area contributed by atoms with Gasteiger partial charge < -0.3 is 15.4 Å². The average molecular weight is 367 g/mol. The van der Waals surface area contributed by atoms with Crippen molar-refractivity contribution < 1.29 is 9.53 Å². The molecule has 8 heteroatoms. The first-order valence-electron chi connectivity index (χ1n) is 7.56. The number of nitrogens with one attached hydrogen (secondary N) is 2. The van der Waals surface area contributed by atoms with Crippen LogP contribution in [0.2, 0.25) is 10.0 Å². The highest BCUT2D eigenvalue weighted by molar-refractivity contribution is 6.42. The lowest BCUT2D eigenvalue weighted by Crippen LogP contribution is -2.28. The van der Waals surface area contributed by atoms with Crippen LogP contribution in [-0.2, 0) is 9.53 Å². The maximum atomic E-state index is 12.1. The second-order valence-electron chi connectivity index (χ2n) is 5.43. The van der Waals surface area contributed by atoms with Crippen molar-refractivity contribution in [2.24, 2.45) is 5.92 Å². The molecule has 0 aliphatic carbocycles. The molecule has 6 nitrogen and oxygen atoms in total. The Bertz CT molecular complexity index is 719. The van der Waals surface area contributed by atoms with Crippen LogP contribution >= 0.6 is 23.2 Å². The molecule has 1 aliphatic heterocycles. The number of ether oxygens (including phenoxy) is 1. The monoisotopic (exact) mass is 366 g/mol. The molecule has 126 valence electrons. The molecule has 2 N–H and O–H groups in total. The summed E-state index contributed by atoms with van der Waals surface area (Å²) >= 11 is 11.9. The predicted octanol–water partition coefficient (Wildman–Crippen LogP) is 3.89. The number of amides is 1. The Balaban J connectivity index is 1.60. The maximum Gasteiger partial charge on any atom is 0.228 e. The Morgan fingerprint density at radius 1 is 1.04 bits per heavy atom. The minimum Gasteiger partial charge on any atom is -0.381 e. The number of anilines is 3. The van der Waals surface area contributed by atoms with E-state index in [1.54, 1.807) is 30.3 Å². The summed E-state index contributed by atoms with van der Waals surface area (Å²) in [5.74, 6) is 0.885. The summed E-state index contributed by atoms with van der Waals surface area (Å²) in [6.45, 7) is 1.24. The van der Waals surface area contributed by atoms with E-state index in [1.165, 1.54) is 0 Å². The van der Waals surface area contributed by atoms with Gasteiger partial charge in [0.2, 0.25) is 5.91 Å². The van der Waals surface area contributed by atoms with Gasteiger partial charge in [-0.3, -0.25) is 4.79 Å². The van der Waals surface area contributed by atoms with Crippen molar-refractivity contribution in [1.82, 2.24) is 10.2 Å². The SMILES string of the molecule is O=C(Nc1ccc(Nc2ccc(Cl)c(Cl)c2)nn1)C1CCOCC1. The largest absolute Gasteiger partial charge is 0.381 e. The van der Waals surface area contributed by atoms with Gasteiger partial charge in [-0.1, -0.05) is 23.2 Å². The number of hydrogen-bond donors (Lipinski definition) is 2. The van der Waals surface area contributed by atoms with Gasteiger partial charge in [-0.05, 0) is 43.2 Å². The molecule has 1 fully saturated rings. The van der Waals surface area contributed by atoms with Gasteiger partial charge in [-0.15, -0.1) is 10.2 Å². The number of nitrogens with zero attached hydrogens (tertiary/aromatic N) is 2. The fourth-order valence-electron chi connectivity index (χ4n) is 2.38. The van der Waals surface area contributed by atoms with Gasteiger partial charge in [0.05, 0.1) is 10.0 Å². The van der Waals surface area contributed by atoms with E-state index in [2.05, 4.69) is 20.8 Å². The molecule has 0 radical (unpaired) electrons. The van der Waals surface area contributed by atoms with Crippen LogP contribution in [0.3, 0.4) is 0 Å². The molecule has 0 atom stereocenters. The summed E-state index contributed by atoms with van der Waals surface area (Å²) in [5.41, 5.74) is 0.748. The average Bonchev–Trinajstić information content (AvgIpc) is 2.61. The van der Waals surface area contributed by atoms with E-state index in [0.717, 1.165) is 18.5 Å². The lowest BCUT2D eigenvalue weighted by atomic mass is 9.99. The van der Waals surface area contributed by atoms with Crippen molar-refractivity contribution >= 4 is 46.4 Å². The standard InChI is InChI=1S/C16H16Cl2N4O2/c17-12-2-1-11(9-13(12)18)19-14-3-4-15(22-21-14)20-16(23)10-5-7-24-8-6-10/h1-4,9-10H,5-8H2,(H,19,21)(H,20,22,23). The van der Waals surface area contributed by atoms with E-state index in [9.17, 15) is 4.79 Å². The summed E-state index contributed by atoms with van der Waals surface area (Å²) in [7, 11) is 0. The highest BCUT2D eigenvalue weighted by atomic mass is 35.5. The smallest absolute Gasteiger partial charge is 0.228 e. The molecular formula is C16H16Cl2N4O2. The molecule has 0 saturated carbocycles. The van der Waals surface area contributed by atoms with Crippen molar-refractivity contribution in [2.45, 2.75) is 12.8 Å². The Morgan fingerprint density at radius 2 is 1.75 bits per heavy atom. The molecule has 2 aromatic rings. The molecule has 0 bridgehead atoms. The molecule has 2 heterocycles. The molecule has 1 aliphatic rings. The van der Waals surface area contributed by atoms with Gasteiger partial charge in [-0.25, -0.2) is 0 Å². The Labute approximate surface area is 149 Å². The van der Waals surface area contributed by atoms with Gasteiger partial charge >= 0.3 is 0 Å². The summed E-state index contributed by atoms with van der Waals surface area (Å²) in [6.07, 6.45) is 1.46. The molecular weight excluding hydrogens is 351 g/mol. The highest BCUT2D eigenvalue weighted by Crippen LogP contribution is 2.26. The first kappa shape index (κ1) is 17.0. The van der Waals surface area contributed by atoms with E-state index in [4.69, 9.17) is 27.9 Å². The van der Waals surface area contributed by atoms with Crippen LogP contribution < -0.4 is 10.6 Å². The van der Waals surface area contributed by atoms with Crippen molar-refractivity contribution in [2.75, 3.05) is 23.8 Å². The highest BCUT2D eigenvalue weighted by Gasteiger charge is 2.21. The lowest BCUT2D eigenvalue weighted by Gasteiger charge is -2.20. The topological polar surface area (TPSA) is 76.1 Å². The van der Waals surface area contributed by atoms with Gasteiger partial charge in [0.25, 0.3) is 0 Å². The predicted molar refractivity (Wildman–Crippen MR) is 93.9 cm³/mol. The fraction of sp³-hybridized carbons (Fsp3) is 0.312. The van der Waals surface area contributed by atoms with Crippen LogP contribution in [0.15, 0.2) is 30.3 Å². The van der Waals surface area contributed by atoms with Crippen LogP contribution in [0.1, 0.15) is 12.8 Å². The molecule has 3 rings (SSSR count). The van der Waals surface area contributed by atoms with E-state index in [1.807, 2.05) is 0 Å². The molecule has 0 spiro atoms. The molecule has 1 saturated heterocycles. The van der Waals surface area contributed by atoms with E-state index < -0.39 is 0 Å². The minimum atomic E-state index is -0.0437. The third-order valence-electron chi connectivity index (χ3n) is 3.70. The zero-order chi connectivity index (χ0) is 16.9. The molecule has 1 aromatic heterocycles. The van der Waals surface area contributed by atoms with Crippen LogP contribution in [0, 0.1) is 5.92 Å². The zero-order valence-electron chi connectivity index (χ0n) is 12.8. The van der Waals surface area contributed by atoms with Gasteiger partial charge in [0.15, 0.2) is 11.6 Å². The number of carbonyl (C=O) groups is 1. The molecule has 24 heavy (non-hydrogen) atoms. The van der Waals surface area contributed by atoms with Crippen molar-refractivity contribution in [3.05, 3.63) is 40.4 Å². The normalized spacial score (nSPS) is 15.1. The fourth-order valence-corrected chi connectivity index (χ4v) is 2.67. The van der Waals surface area contributed by atoms with E-state index in [-0.39, 0.29) is 11.8 Å². The summed E-state index contributed by atoms with van der Waals surface area (Å²) in [4.78, 5) is 12.1. The minimum absolute atomic E-state index is 0.0328. The Morgan fingerprint density at radius 3 is 2.42 bits per heavy atom. The number of rotatable bonds is 4. The first-order chi connectivity index (χ1) is 11.6. The zero-order valence-corrected chi connectivity index (χ0v) is 14.3. The lowest BCUT2D eigenvalue weighted by molar-refractivity contribution is -0.122. The number of halogens is 2. The van der Waals surface area contributed by atoms with Crippen LogP contribution in [0.4, 0.5) is 17.3 Å². The van der Waals surface area contributed by atoms with Crippen LogP contribution in [0.5, 0.6) is 0 Å². The van der Waals surface area contributed by atoms with E-state index >= 15 is 0 Å². The summed E-state index contributed by atoms with van der Waals surface area (Å²) < 4.78 is 5.25. The third-order valence-corrected chi connectivity index (χ3v) is 4.44. The number of aromatic nitrogens is 2. The summed E-state index contributed by atoms with van der Waals surface area (Å²) in [6, 6.07) is 8.62. The number of hydrogen-bond acceptors (Lipinski definition) is 5. The van der Waals surface area contributed by atoms with Gasteiger partial charge in [0, 0.05) is 24.8 Å². The first-order valence-corrected chi connectivity index (χ1v) is 8.32. The number of carbonyl (C=O) groups excluding carboxylic acids is 1. The van der Waals surface area contributed by atoms with Crippen molar-refractivity contribution in [1.29, 1.82) is 0 Å². The van der Waals surface area contributed by atoms with Crippen LogP contribution in [-0.4, -0.2) is 29.3 Å². The quantitative estimate of drug-likeness (QED) is 0.858. The van der Waals surface area contributed by atoms with Crippen molar-refractivity contribution in [3.63, 3.8) is 0 Å². The van der Waals surface area contributed by atoms with Crippen LogP contribution in [0.25, 0.3) is 0 Å². The molecule has 1 amide bonds. The third kappa shape index (κ3) is 4.35. The second-order valence-corrected chi connectivity index (χ2v) is 6.25. The Hall–Kier alpha value is -1.89.